The molecular weight excluding hydrogens is 1540 g/mol. The minimum absolute atomic E-state index is 0.00311. The Morgan fingerprint density at radius 2 is 0.522 bits per heavy atom. The van der Waals surface area contributed by atoms with E-state index in [4.69, 9.17) is 0 Å². The van der Waals surface area contributed by atoms with Crippen LogP contribution in [0.15, 0.2) is 231 Å². The maximum absolute atomic E-state index is 16.0. The average molecular weight is 1580 g/mol. The van der Waals surface area contributed by atoms with Crippen LogP contribution in [0.3, 0.4) is 0 Å². The first-order valence-corrected chi connectivity index (χ1v) is 32.9. The van der Waals surface area contributed by atoms with Crippen LogP contribution in [0, 0.1) is 11.3 Å². The molecule has 570 valence electrons. The van der Waals surface area contributed by atoms with Crippen molar-refractivity contribution in [3.8, 4) is 84.2 Å². The van der Waals surface area contributed by atoms with Gasteiger partial charge in [0.05, 0.1) is 106 Å². The molecule has 0 bridgehead atoms. The third kappa shape index (κ3) is 13.6. The number of alkyl halides is 24. The van der Waals surface area contributed by atoms with Gasteiger partial charge in [-0.15, -0.1) is 0 Å². The van der Waals surface area contributed by atoms with E-state index in [1.54, 1.807) is 42.5 Å². The smallest absolute Gasteiger partial charge is 0.308 e. The van der Waals surface area contributed by atoms with Crippen molar-refractivity contribution in [2.24, 2.45) is 0 Å². The number of halogens is 24. The zero-order valence-electron chi connectivity index (χ0n) is 56.1. The fraction of sp³-hybridized carbons (Fsp3) is 0.0964. The molecule has 6 nitrogen and oxygen atoms in total. The van der Waals surface area contributed by atoms with Gasteiger partial charge in [-0.2, -0.15) is 111 Å². The number of hydrogen-bond acceptors (Lipinski definition) is 3. The maximum Gasteiger partial charge on any atom is 0.416 e. The van der Waals surface area contributed by atoms with Crippen molar-refractivity contribution in [1.29, 1.82) is 5.26 Å². The van der Waals surface area contributed by atoms with Crippen LogP contribution in [0.5, 0.6) is 0 Å². The number of para-hydroxylation sites is 1. The molecule has 2 amide bonds. The lowest BCUT2D eigenvalue weighted by Gasteiger charge is -2.22. The van der Waals surface area contributed by atoms with E-state index in [0.29, 0.717) is 59.7 Å². The van der Waals surface area contributed by atoms with Crippen molar-refractivity contribution in [2.75, 3.05) is 4.90 Å². The molecule has 1 aliphatic rings. The Balaban J connectivity index is 1.09. The third-order valence-electron chi connectivity index (χ3n) is 19.3. The minimum Gasteiger partial charge on any atom is -0.308 e. The molecule has 14 aromatic rings. The number of nitrogens with zero attached hydrogens (tertiary/aromatic N) is 4. The fourth-order valence-corrected chi connectivity index (χ4v) is 14.3. The summed E-state index contributed by atoms with van der Waals surface area (Å²) in [6, 6.07) is 37.4. The van der Waals surface area contributed by atoms with Crippen molar-refractivity contribution in [2.45, 2.75) is 49.4 Å². The molecule has 0 fully saturated rings. The largest absolute Gasteiger partial charge is 0.416 e. The Morgan fingerprint density at radius 1 is 0.239 bits per heavy atom. The summed E-state index contributed by atoms with van der Waals surface area (Å²) in [6.07, 6.45) is -43.5. The van der Waals surface area contributed by atoms with Gasteiger partial charge in [-0.3, -0.25) is 9.59 Å². The molecule has 0 saturated heterocycles. The number of carbonyl (C=O) groups excluding carboxylic acids is 2. The average Bonchev–Trinajstić information content (AvgIpc) is 1.53. The van der Waals surface area contributed by atoms with Gasteiger partial charge >= 0.3 is 49.4 Å². The van der Waals surface area contributed by atoms with Crippen LogP contribution in [-0.4, -0.2) is 20.9 Å². The second kappa shape index (κ2) is 26.2. The lowest BCUT2D eigenvalue weighted by molar-refractivity contribution is -0.144. The number of rotatable bonds is 9. The number of anilines is 1. The monoisotopic (exact) mass is 1580 g/mol. The molecule has 1 aliphatic heterocycles. The number of nitriles is 1. The summed E-state index contributed by atoms with van der Waals surface area (Å²) in [7, 11) is 0. The molecule has 0 spiro atoms. The molecule has 0 atom stereocenters. The van der Waals surface area contributed by atoms with Gasteiger partial charge in [0.2, 0.25) is 0 Å². The molecule has 0 radical (unpaired) electrons. The molecule has 15 rings (SSSR count). The third-order valence-corrected chi connectivity index (χ3v) is 19.3. The molecule has 2 aromatic heterocycles. The molecule has 0 saturated carbocycles. The van der Waals surface area contributed by atoms with Crippen molar-refractivity contribution in [3.63, 3.8) is 0 Å². The first kappa shape index (κ1) is 75.6. The topological polar surface area (TPSA) is 71.0 Å². The predicted molar refractivity (Wildman–Crippen MR) is 370 cm³/mol. The Labute approximate surface area is 618 Å². The van der Waals surface area contributed by atoms with E-state index in [2.05, 4.69) is 0 Å². The molecular formula is C83H38F24N4O2. The van der Waals surface area contributed by atoms with Gasteiger partial charge in [0, 0.05) is 32.7 Å². The molecule has 0 aliphatic carbocycles. The van der Waals surface area contributed by atoms with E-state index in [1.165, 1.54) is 39.5 Å². The van der Waals surface area contributed by atoms with Gasteiger partial charge in [0.25, 0.3) is 11.8 Å². The second-order valence-corrected chi connectivity index (χ2v) is 26.3. The van der Waals surface area contributed by atoms with Crippen LogP contribution in [0.4, 0.5) is 111 Å². The fourth-order valence-electron chi connectivity index (χ4n) is 14.3. The highest BCUT2D eigenvalue weighted by atomic mass is 19.4. The van der Waals surface area contributed by atoms with Gasteiger partial charge in [-0.1, -0.05) is 84.9 Å². The minimum atomic E-state index is -5.44. The molecule has 12 aromatic carbocycles. The van der Waals surface area contributed by atoms with E-state index in [0.717, 1.165) is 89.8 Å². The number of imide groups is 1. The highest BCUT2D eigenvalue weighted by Gasteiger charge is 2.45. The van der Waals surface area contributed by atoms with Crippen LogP contribution in [0.2, 0.25) is 0 Å². The summed E-state index contributed by atoms with van der Waals surface area (Å²) in [5.74, 6) is -2.05. The van der Waals surface area contributed by atoms with Gasteiger partial charge in [0.1, 0.15) is 0 Å². The van der Waals surface area contributed by atoms with Crippen LogP contribution in [0.1, 0.15) is 70.8 Å². The normalized spacial score (nSPS) is 13.5. The first-order chi connectivity index (χ1) is 52.8. The van der Waals surface area contributed by atoms with Crippen molar-refractivity contribution in [1.82, 2.24) is 9.13 Å². The molecule has 0 unspecified atom stereocenters. The zero-order valence-corrected chi connectivity index (χ0v) is 56.1. The van der Waals surface area contributed by atoms with Crippen molar-refractivity contribution < 1.29 is 115 Å². The lowest BCUT2D eigenvalue weighted by Crippen LogP contribution is -2.30. The number of aromatic nitrogens is 2. The Hall–Kier alpha value is -12.8. The van der Waals surface area contributed by atoms with E-state index in [9.17, 15) is 111 Å². The number of hydrogen-bond donors (Lipinski definition) is 0. The first-order valence-electron chi connectivity index (χ1n) is 32.9. The van der Waals surface area contributed by atoms with E-state index in [-0.39, 0.29) is 102 Å². The number of fused-ring (bicyclic) bond motifs is 7. The van der Waals surface area contributed by atoms with Crippen LogP contribution in [0.25, 0.3) is 122 Å². The summed E-state index contributed by atoms with van der Waals surface area (Å²) in [6.45, 7) is 0. The molecule has 3 heterocycles. The van der Waals surface area contributed by atoms with Gasteiger partial charge < -0.3 is 9.13 Å². The lowest BCUT2D eigenvalue weighted by atomic mass is 9.92. The Bertz CT molecular complexity index is 5690. The van der Waals surface area contributed by atoms with Gasteiger partial charge in [0.15, 0.2) is 0 Å². The van der Waals surface area contributed by atoms with Gasteiger partial charge in [-0.25, -0.2) is 4.90 Å². The molecule has 113 heavy (non-hydrogen) atoms. The zero-order chi connectivity index (χ0) is 81.1. The van der Waals surface area contributed by atoms with Crippen LogP contribution in [-0.2, 0) is 49.4 Å². The van der Waals surface area contributed by atoms with E-state index in [1.807, 2.05) is 6.07 Å². The number of benzene rings is 12. The summed E-state index contributed by atoms with van der Waals surface area (Å²) in [4.78, 5) is 32.2. The van der Waals surface area contributed by atoms with E-state index >= 15 is 9.59 Å². The van der Waals surface area contributed by atoms with Gasteiger partial charge in [-0.05, 0) is 201 Å². The summed E-state index contributed by atoms with van der Waals surface area (Å²) in [5.41, 5.74) is -21.8. The predicted octanol–water partition coefficient (Wildman–Crippen LogP) is 26.7. The second-order valence-electron chi connectivity index (χ2n) is 26.3. The van der Waals surface area contributed by atoms with Crippen molar-refractivity contribution >= 4 is 61.1 Å². The highest BCUT2D eigenvalue weighted by Crippen LogP contribution is 2.52. The Morgan fingerprint density at radius 3 is 0.823 bits per heavy atom. The number of carbonyl (C=O) groups is 2. The maximum atomic E-state index is 16.0. The highest BCUT2D eigenvalue weighted by molar-refractivity contribution is 6.37. The van der Waals surface area contributed by atoms with Crippen molar-refractivity contribution in [3.05, 3.63) is 292 Å². The standard InChI is InChI=1S/C83H38F24N4O2/c84-76(85,86)50-23-46(24-51(35-50)77(87,88)89)42-13-17-66-61(31-42)62-32-43(47-25-52(78(90,91)92)36-53(26-47)79(93,94)95)14-18-67(62)109(66)70-21-40(39-108)22-71(73(70)59-10-6-11-60-72(59)75(113)111(74(60)112)65-12-5-4-9-58(65)41-7-2-1-3-8-41)110-68-19-15-44(48-27-54(80(96,97)98)37-55(28-48)81(99,100)101)33-63(68)64-34-45(16-20-69(64)110)49-29-56(82(102,103)104)38-57(30-49)83(105,106)107/h1-38H. The van der Waals surface area contributed by atoms with Crippen LogP contribution < -0.4 is 4.90 Å². The molecule has 30 heteroatoms. The quantitative estimate of drug-likeness (QED) is 0.107. The Kier molecular flexibility index (Phi) is 17.5. The summed E-state index contributed by atoms with van der Waals surface area (Å²) >= 11 is 0. The summed E-state index contributed by atoms with van der Waals surface area (Å²) in [5, 5.41) is 10.3. The van der Waals surface area contributed by atoms with E-state index < -0.39 is 161 Å². The summed E-state index contributed by atoms with van der Waals surface area (Å²) < 4.78 is 354. The molecule has 0 N–H and O–H groups in total. The van der Waals surface area contributed by atoms with Crippen LogP contribution >= 0.6 is 0 Å². The number of amides is 2. The SMILES string of the molecule is N#Cc1cc(-n2c3ccc(-c4cc(C(F)(F)F)cc(C(F)(F)F)c4)cc3c3cc(-c4cc(C(F)(F)F)cc(C(F)(F)F)c4)ccc32)c(-c2cccc3c2C(=O)N(c2ccccc2-c2ccccc2)C3=O)c(-n2c3ccc(-c4cc(C(F)(F)F)cc(C(F)(F)F)c4)cc3c3cc(-c4cc(C(F)(F)F)cc(C(F)(F)F)c4)ccc32)c1.